The molecular formula is C8H12Br2Si. The molecular weight excluding hydrogens is 284 g/mol. The first kappa shape index (κ1) is 9.74. The third-order valence-corrected chi connectivity index (χ3v) is 12.4. The summed E-state index contributed by atoms with van der Waals surface area (Å²) >= 11 is 7.59. The summed E-state index contributed by atoms with van der Waals surface area (Å²) in [6, 6.07) is 0. The van der Waals surface area contributed by atoms with Crippen LogP contribution in [-0.2, 0) is 0 Å². The van der Waals surface area contributed by atoms with Crippen molar-refractivity contribution in [1.29, 1.82) is 0 Å². The fourth-order valence-electron chi connectivity index (χ4n) is 1.31. The molecule has 0 nitrogen and oxygen atoms in total. The molecule has 0 unspecified atom stereocenters. The molecule has 0 atom stereocenters. The number of hydrogen-bond acceptors (Lipinski definition) is 0. The molecule has 1 aliphatic heterocycles. The molecule has 1 rings (SSSR count). The number of hydrogen-bond donors (Lipinski definition) is 0. The van der Waals surface area contributed by atoms with E-state index >= 15 is 0 Å². The summed E-state index contributed by atoms with van der Waals surface area (Å²) in [7, 11) is 0. The summed E-state index contributed by atoms with van der Waals surface area (Å²) in [6.07, 6.45) is 0. The summed E-state index contributed by atoms with van der Waals surface area (Å²) in [6.45, 7) is 8.83. The summed E-state index contributed by atoms with van der Waals surface area (Å²) in [5.41, 5.74) is 2.92. The monoisotopic (exact) mass is 294 g/mol. The average Bonchev–Trinajstić information content (AvgIpc) is 2.06. The Morgan fingerprint density at radius 3 is 1.18 bits per heavy atom. The normalized spacial score (nSPS) is 23.5. The fourth-order valence-corrected chi connectivity index (χ4v) is 6.76. The lowest BCUT2D eigenvalue weighted by Crippen LogP contribution is -2.19. The minimum absolute atomic E-state index is 1.46. The average molecular weight is 296 g/mol. The van der Waals surface area contributed by atoms with E-state index in [4.69, 9.17) is 0 Å². The van der Waals surface area contributed by atoms with Gasteiger partial charge in [0.25, 0.3) is 5.31 Å². The first-order chi connectivity index (χ1) is 4.89. The van der Waals surface area contributed by atoms with Crippen molar-refractivity contribution in [2.45, 2.75) is 27.7 Å². The zero-order chi connectivity index (χ0) is 8.81. The van der Waals surface area contributed by atoms with Gasteiger partial charge in [0.05, 0.1) is 0 Å². The molecule has 0 radical (unpaired) electrons. The van der Waals surface area contributed by atoms with Gasteiger partial charge in [0.2, 0.25) is 0 Å². The van der Waals surface area contributed by atoms with Crippen molar-refractivity contribution in [3.63, 3.8) is 0 Å². The molecule has 0 saturated heterocycles. The van der Waals surface area contributed by atoms with E-state index in [1.807, 2.05) is 0 Å². The van der Waals surface area contributed by atoms with Crippen LogP contribution in [-0.4, -0.2) is 5.31 Å². The third-order valence-electron chi connectivity index (χ3n) is 2.63. The molecule has 0 amide bonds. The maximum absolute atomic E-state index is 3.79. The number of halogens is 2. The van der Waals surface area contributed by atoms with E-state index in [-0.39, 0.29) is 0 Å². The molecule has 0 aliphatic carbocycles. The molecule has 0 aromatic carbocycles. The van der Waals surface area contributed by atoms with Crippen LogP contribution in [0.3, 0.4) is 0 Å². The van der Waals surface area contributed by atoms with E-state index in [9.17, 15) is 0 Å². The lowest BCUT2D eigenvalue weighted by atomic mass is 10.1. The Morgan fingerprint density at radius 2 is 1.09 bits per heavy atom. The van der Waals surface area contributed by atoms with Crippen LogP contribution in [0.15, 0.2) is 21.5 Å². The molecule has 0 aromatic heterocycles. The molecule has 0 N–H and O–H groups in total. The van der Waals surface area contributed by atoms with E-state index in [1.165, 1.54) is 21.5 Å². The molecule has 0 bridgehead atoms. The number of allylic oxidation sites excluding steroid dienone is 4. The van der Waals surface area contributed by atoms with Gasteiger partial charge in [0.15, 0.2) is 0 Å². The highest BCUT2D eigenvalue weighted by molar-refractivity contribution is 9.51. The van der Waals surface area contributed by atoms with Crippen molar-refractivity contribution in [3.8, 4) is 0 Å². The zero-order valence-corrected chi connectivity index (χ0v) is 11.4. The number of rotatable bonds is 0. The minimum Gasteiger partial charge on any atom is -0.0994 e. The zero-order valence-electron chi connectivity index (χ0n) is 7.26. The van der Waals surface area contributed by atoms with E-state index in [0.717, 1.165) is 0 Å². The first-order valence-electron chi connectivity index (χ1n) is 3.63. The summed E-state index contributed by atoms with van der Waals surface area (Å²) in [4.78, 5) is 0. The molecule has 0 saturated carbocycles. The topological polar surface area (TPSA) is 0 Å². The Kier molecular flexibility index (Phi) is 2.53. The molecule has 1 heterocycles. The van der Waals surface area contributed by atoms with Crippen LogP contribution in [0.2, 0.25) is 0 Å². The van der Waals surface area contributed by atoms with Gasteiger partial charge in [0.1, 0.15) is 0 Å². The maximum atomic E-state index is 3.79. The predicted octanol–water partition coefficient (Wildman–Crippen LogP) is 3.98. The largest absolute Gasteiger partial charge is 0.252 e. The van der Waals surface area contributed by atoms with Crippen molar-refractivity contribution < 1.29 is 0 Å². The molecule has 3 heteroatoms. The minimum atomic E-state index is -1.49. The van der Waals surface area contributed by atoms with Crippen LogP contribution in [0, 0.1) is 0 Å². The fraction of sp³-hybridized carbons (Fsp3) is 0.500. The highest BCUT2D eigenvalue weighted by Gasteiger charge is 2.38. The SMILES string of the molecule is CC1=C(C)[Si](Br)(Br)C(C)=C1C. The Labute approximate surface area is 84.9 Å². The second-order valence-corrected chi connectivity index (χ2v) is 16.1. The third kappa shape index (κ3) is 1.31. The lowest BCUT2D eigenvalue weighted by molar-refractivity contribution is 1.31. The van der Waals surface area contributed by atoms with Crippen LogP contribution < -0.4 is 0 Å². The molecule has 0 spiro atoms. The summed E-state index contributed by atoms with van der Waals surface area (Å²) in [5.74, 6) is 0. The standard InChI is InChI=1S/C8H12Br2Si/c1-5-6(2)8(4)11(9,10)7(5)3/h1-4H3. The molecule has 62 valence electrons. The highest BCUT2D eigenvalue weighted by Crippen LogP contribution is 2.45. The Bertz CT molecular complexity index is 235. The van der Waals surface area contributed by atoms with Crippen molar-refractivity contribution in [2.75, 3.05) is 0 Å². The van der Waals surface area contributed by atoms with Crippen LogP contribution >= 0.6 is 30.6 Å². The summed E-state index contributed by atoms with van der Waals surface area (Å²) in [5, 5.41) is 1.53. The second kappa shape index (κ2) is 2.86. The van der Waals surface area contributed by atoms with Crippen molar-refractivity contribution >= 4 is 35.9 Å². The highest BCUT2D eigenvalue weighted by atomic mass is 79.9. The lowest BCUT2D eigenvalue weighted by Gasteiger charge is -2.14. The first-order valence-corrected chi connectivity index (χ1v) is 10.1. The molecule has 0 fully saturated rings. The van der Waals surface area contributed by atoms with Gasteiger partial charge in [-0.05, 0) is 27.7 Å². The van der Waals surface area contributed by atoms with Gasteiger partial charge >= 0.3 is 0 Å². The summed E-state index contributed by atoms with van der Waals surface area (Å²) < 4.78 is 0. The Morgan fingerprint density at radius 1 is 0.818 bits per heavy atom. The smallest absolute Gasteiger partial charge is 0.0994 e. The van der Waals surface area contributed by atoms with Gasteiger partial charge in [-0.1, -0.05) is 52.1 Å². The van der Waals surface area contributed by atoms with Crippen LogP contribution in [0.5, 0.6) is 0 Å². The van der Waals surface area contributed by atoms with Gasteiger partial charge in [-0.25, -0.2) is 0 Å². The van der Waals surface area contributed by atoms with E-state index in [0.29, 0.717) is 0 Å². The Hall–Kier alpha value is 0.657. The maximum Gasteiger partial charge on any atom is 0.252 e. The van der Waals surface area contributed by atoms with Crippen molar-refractivity contribution in [1.82, 2.24) is 0 Å². The van der Waals surface area contributed by atoms with Crippen LogP contribution in [0.25, 0.3) is 0 Å². The van der Waals surface area contributed by atoms with Gasteiger partial charge < -0.3 is 0 Å². The van der Waals surface area contributed by atoms with Gasteiger partial charge in [-0.2, -0.15) is 0 Å². The van der Waals surface area contributed by atoms with E-state index < -0.39 is 5.31 Å². The van der Waals surface area contributed by atoms with Gasteiger partial charge in [0, 0.05) is 0 Å². The quantitative estimate of drug-likeness (QED) is 0.468. The molecule has 11 heavy (non-hydrogen) atoms. The van der Waals surface area contributed by atoms with Gasteiger partial charge in [-0.3, -0.25) is 0 Å². The van der Waals surface area contributed by atoms with E-state index in [2.05, 4.69) is 58.3 Å². The van der Waals surface area contributed by atoms with Crippen LogP contribution in [0.1, 0.15) is 27.7 Å². The van der Waals surface area contributed by atoms with Crippen molar-refractivity contribution in [2.24, 2.45) is 0 Å². The molecule has 0 aromatic rings. The van der Waals surface area contributed by atoms with E-state index in [1.54, 1.807) is 0 Å². The second-order valence-electron chi connectivity index (χ2n) is 3.07. The van der Waals surface area contributed by atoms with Crippen molar-refractivity contribution in [3.05, 3.63) is 21.5 Å². The Balaban J connectivity index is 3.27. The predicted molar refractivity (Wildman–Crippen MR) is 60.4 cm³/mol. The van der Waals surface area contributed by atoms with Gasteiger partial charge in [-0.15, -0.1) is 0 Å². The van der Waals surface area contributed by atoms with Crippen LogP contribution in [0.4, 0.5) is 0 Å². The molecule has 1 aliphatic rings.